The van der Waals surface area contributed by atoms with Crippen LogP contribution in [0.2, 0.25) is 0 Å². The van der Waals surface area contributed by atoms with Gasteiger partial charge in [0, 0.05) is 19.3 Å². The maximum atomic E-state index is 11.5. The Labute approximate surface area is 125 Å². The molecule has 0 aromatic carbocycles. The summed E-state index contributed by atoms with van der Waals surface area (Å²) in [5.41, 5.74) is 1.93. The second kappa shape index (κ2) is 5.17. The summed E-state index contributed by atoms with van der Waals surface area (Å²) in [5.74, 6) is 0.806. The Kier molecular flexibility index (Phi) is 3.47. The molecule has 0 saturated heterocycles. The molecule has 1 saturated carbocycles. The van der Waals surface area contributed by atoms with Crippen LogP contribution < -0.4 is 4.90 Å². The second-order valence-electron chi connectivity index (χ2n) is 6.87. The molecule has 0 amide bonds. The van der Waals surface area contributed by atoms with E-state index in [1.165, 1.54) is 12.8 Å². The molecule has 0 aliphatic heterocycles. The number of anilines is 1. The monoisotopic (exact) mass is 285 g/mol. The zero-order chi connectivity index (χ0) is 15.0. The molecule has 0 N–H and O–H groups in total. The molecule has 1 fully saturated rings. The van der Waals surface area contributed by atoms with E-state index in [9.17, 15) is 4.79 Å². The molecule has 2 heterocycles. The number of rotatable bonds is 3. The fraction of sp³-hybridized carbons (Fsp3) is 0.529. The number of hydrogen-bond donors (Lipinski definition) is 0. The Hall–Kier alpha value is -1.84. The third-order valence-electron chi connectivity index (χ3n) is 4.85. The van der Waals surface area contributed by atoms with Gasteiger partial charge >= 0.3 is 0 Å². The van der Waals surface area contributed by atoms with Gasteiger partial charge in [-0.2, -0.15) is 0 Å². The lowest BCUT2D eigenvalue weighted by Crippen LogP contribution is -2.37. The average Bonchev–Trinajstić information content (AvgIpc) is 2.85. The Morgan fingerprint density at radius 3 is 2.71 bits per heavy atom. The first-order valence-electron chi connectivity index (χ1n) is 7.67. The van der Waals surface area contributed by atoms with E-state index in [0.29, 0.717) is 17.2 Å². The molecule has 2 aromatic heterocycles. The molecule has 0 radical (unpaired) electrons. The van der Waals surface area contributed by atoms with Gasteiger partial charge in [0.25, 0.3) is 0 Å². The van der Waals surface area contributed by atoms with Gasteiger partial charge in [-0.1, -0.05) is 19.9 Å². The van der Waals surface area contributed by atoms with Gasteiger partial charge < -0.3 is 4.90 Å². The van der Waals surface area contributed by atoms with Crippen LogP contribution in [0.5, 0.6) is 0 Å². The Morgan fingerprint density at radius 2 is 2.05 bits per heavy atom. The van der Waals surface area contributed by atoms with Crippen molar-refractivity contribution in [2.75, 3.05) is 11.9 Å². The van der Waals surface area contributed by atoms with Crippen molar-refractivity contribution in [3.8, 4) is 0 Å². The first kappa shape index (κ1) is 14.1. The summed E-state index contributed by atoms with van der Waals surface area (Å²) in [7, 11) is 2.07. The number of aromatic nitrogens is 2. The molecule has 4 nitrogen and oxygen atoms in total. The van der Waals surface area contributed by atoms with Gasteiger partial charge in [-0.15, -0.1) is 0 Å². The molecule has 1 aliphatic carbocycles. The van der Waals surface area contributed by atoms with Crippen LogP contribution in [-0.4, -0.2) is 28.8 Å². The van der Waals surface area contributed by atoms with E-state index in [4.69, 9.17) is 0 Å². The molecule has 1 aliphatic rings. The molecular weight excluding hydrogens is 262 g/mol. The van der Waals surface area contributed by atoms with E-state index in [1.54, 1.807) is 0 Å². The second-order valence-corrected chi connectivity index (χ2v) is 6.87. The molecule has 21 heavy (non-hydrogen) atoms. The molecule has 0 spiro atoms. The number of aldehydes is 1. The molecular formula is C17H23N3O. The van der Waals surface area contributed by atoms with Crippen LogP contribution in [0, 0.1) is 5.41 Å². The smallest absolute Gasteiger partial charge is 0.170 e. The van der Waals surface area contributed by atoms with Gasteiger partial charge in [0.1, 0.15) is 11.3 Å². The highest BCUT2D eigenvalue weighted by molar-refractivity contribution is 5.83. The fourth-order valence-corrected chi connectivity index (χ4v) is 3.32. The lowest BCUT2D eigenvalue weighted by molar-refractivity contribution is 0.111. The molecule has 0 atom stereocenters. The normalized spacial score (nSPS) is 18.8. The van der Waals surface area contributed by atoms with Gasteiger partial charge in [0.15, 0.2) is 12.1 Å². The van der Waals surface area contributed by atoms with E-state index >= 15 is 0 Å². The van der Waals surface area contributed by atoms with Crippen LogP contribution in [-0.2, 0) is 0 Å². The number of carbonyl (C=O) groups is 1. The van der Waals surface area contributed by atoms with Gasteiger partial charge in [-0.05, 0) is 43.2 Å². The topological polar surface area (TPSA) is 37.6 Å². The number of carbonyl (C=O) groups excluding carboxylic acids is 1. The predicted molar refractivity (Wildman–Crippen MR) is 85.0 cm³/mol. The standard InChI is InChI=1S/C17H23N3O/c1-17(2)9-7-13(8-10-17)19(3)16-14(12-21)20-11-5-4-6-15(20)18-16/h4-6,11-13H,7-10H2,1-3H3. The summed E-state index contributed by atoms with van der Waals surface area (Å²) in [6.45, 7) is 4.68. The first-order chi connectivity index (χ1) is 10.0. The van der Waals surface area contributed by atoms with Gasteiger partial charge in [-0.25, -0.2) is 4.98 Å². The van der Waals surface area contributed by atoms with Crippen LogP contribution in [0.1, 0.15) is 50.0 Å². The lowest BCUT2D eigenvalue weighted by Gasteiger charge is -2.38. The zero-order valence-electron chi connectivity index (χ0n) is 13.0. The van der Waals surface area contributed by atoms with Gasteiger partial charge in [0.05, 0.1) is 0 Å². The average molecular weight is 285 g/mol. The summed E-state index contributed by atoms with van der Waals surface area (Å²) in [6, 6.07) is 6.29. The minimum atomic E-state index is 0.448. The first-order valence-corrected chi connectivity index (χ1v) is 7.67. The van der Waals surface area contributed by atoms with Crippen LogP contribution in [0.3, 0.4) is 0 Å². The Morgan fingerprint density at radius 1 is 1.33 bits per heavy atom. The fourth-order valence-electron chi connectivity index (χ4n) is 3.32. The van der Waals surface area contributed by atoms with E-state index in [-0.39, 0.29) is 0 Å². The van der Waals surface area contributed by atoms with Crippen LogP contribution in [0.4, 0.5) is 5.82 Å². The van der Waals surface area contributed by atoms with E-state index < -0.39 is 0 Å². The van der Waals surface area contributed by atoms with Crippen molar-refractivity contribution >= 4 is 17.8 Å². The zero-order valence-corrected chi connectivity index (χ0v) is 13.0. The van der Waals surface area contributed by atoms with Crippen molar-refractivity contribution in [3.63, 3.8) is 0 Å². The summed E-state index contributed by atoms with van der Waals surface area (Å²) >= 11 is 0. The molecule has 2 aromatic rings. The highest BCUT2D eigenvalue weighted by Gasteiger charge is 2.30. The molecule has 112 valence electrons. The number of pyridine rings is 1. The minimum absolute atomic E-state index is 0.448. The van der Waals surface area contributed by atoms with Crippen LogP contribution in [0.15, 0.2) is 24.4 Å². The van der Waals surface area contributed by atoms with Crippen molar-refractivity contribution in [1.29, 1.82) is 0 Å². The van der Waals surface area contributed by atoms with E-state index in [2.05, 4.69) is 30.8 Å². The number of fused-ring (bicyclic) bond motifs is 1. The van der Waals surface area contributed by atoms with E-state index in [1.807, 2.05) is 28.8 Å². The quantitative estimate of drug-likeness (QED) is 0.809. The Balaban J connectivity index is 1.91. The SMILES string of the molecule is CN(c1nc2ccccn2c1C=O)C1CCC(C)(C)CC1. The number of nitrogens with zero attached hydrogens (tertiary/aromatic N) is 3. The predicted octanol–water partition coefficient (Wildman–Crippen LogP) is 3.55. The Bertz CT molecular complexity index is 649. The van der Waals surface area contributed by atoms with Crippen molar-refractivity contribution < 1.29 is 4.79 Å². The largest absolute Gasteiger partial charge is 0.355 e. The van der Waals surface area contributed by atoms with Crippen LogP contribution >= 0.6 is 0 Å². The molecule has 0 bridgehead atoms. The van der Waals surface area contributed by atoms with E-state index in [0.717, 1.165) is 30.6 Å². The number of imidazole rings is 1. The maximum Gasteiger partial charge on any atom is 0.170 e. The highest BCUT2D eigenvalue weighted by atomic mass is 16.1. The lowest BCUT2D eigenvalue weighted by atomic mass is 9.75. The molecule has 0 unspecified atom stereocenters. The third-order valence-corrected chi connectivity index (χ3v) is 4.85. The van der Waals surface area contributed by atoms with Crippen molar-refractivity contribution in [1.82, 2.24) is 9.38 Å². The minimum Gasteiger partial charge on any atom is -0.355 e. The summed E-state index contributed by atoms with van der Waals surface area (Å²) in [5, 5.41) is 0. The van der Waals surface area contributed by atoms with Crippen molar-refractivity contribution in [2.45, 2.75) is 45.6 Å². The van der Waals surface area contributed by atoms with Crippen molar-refractivity contribution in [2.24, 2.45) is 5.41 Å². The molecule has 4 heteroatoms. The summed E-state index contributed by atoms with van der Waals surface area (Å²) in [6.07, 6.45) is 7.59. The van der Waals surface area contributed by atoms with Crippen molar-refractivity contribution in [3.05, 3.63) is 30.1 Å². The van der Waals surface area contributed by atoms with Gasteiger partial charge in [0.2, 0.25) is 0 Å². The summed E-state index contributed by atoms with van der Waals surface area (Å²) in [4.78, 5) is 18.4. The molecule has 3 rings (SSSR count). The number of hydrogen-bond acceptors (Lipinski definition) is 3. The summed E-state index contributed by atoms with van der Waals surface area (Å²) < 4.78 is 1.87. The third kappa shape index (κ3) is 2.55. The highest BCUT2D eigenvalue weighted by Crippen LogP contribution is 2.38. The van der Waals surface area contributed by atoms with Gasteiger partial charge in [-0.3, -0.25) is 9.20 Å². The maximum absolute atomic E-state index is 11.5. The van der Waals surface area contributed by atoms with Crippen LogP contribution in [0.25, 0.3) is 5.65 Å².